The molecule has 2 amide bonds. The molecule has 228 valence electrons. The molecular weight excluding hydrogens is 596 g/mol. The van der Waals surface area contributed by atoms with Crippen molar-refractivity contribution in [2.75, 3.05) is 20.2 Å². The van der Waals surface area contributed by atoms with Gasteiger partial charge in [-0.05, 0) is 74.1 Å². The van der Waals surface area contributed by atoms with Crippen molar-refractivity contribution in [1.29, 1.82) is 0 Å². The number of nitrogens with zero attached hydrogens (tertiary/aromatic N) is 4. The van der Waals surface area contributed by atoms with Crippen LogP contribution in [0.15, 0.2) is 71.7 Å². The van der Waals surface area contributed by atoms with Crippen molar-refractivity contribution >= 4 is 42.6 Å². The average molecular weight is 631 g/mol. The van der Waals surface area contributed by atoms with Crippen molar-refractivity contribution in [3.63, 3.8) is 0 Å². The highest BCUT2D eigenvalue weighted by atomic mass is 35.5. The van der Waals surface area contributed by atoms with Crippen LogP contribution in [0.3, 0.4) is 0 Å². The molecule has 0 aliphatic carbocycles. The maximum absolute atomic E-state index is 13.2. The number of hydrogen-bond donors (Lipinski definition) is 3. The van der Waals surface area contributed by atoms with Crippen molar-refractivity contribution in [2.24, 2.45) is 4.99 Å². The van der Waals surface area contributed by atoms with E-state index in [1.807, 2.05) is 73.1 Å². The zero-order valence-electron chi connectivity index (χ0n) is 25.1. The molecule has 12 heteroatoms. The van der Waals surface area contributed by atoms with Gasteiger partial charge in [-0.1, -0.05) is 35.9 Å². The van der Waals surface area contributed by atoms with E-state index in [0.717, 1.165) is 22.0 Å². The third-order valence-electron chi connectivity index (χ3n) is 7.42. The molecule has 3 N–H and O–H groups in total. The normalized spacial score (nSPS) is 14.1. The quantitative estimate of drug-likeness (QED) is 0.180. The van der Waals surface area contributed by atoms with Crippen molar-refractivity contribution in [3.8, 4) is 11.4 Å². The molecule has 0 spiro atoms. The lowest BCUT2D eigenvalue weighted by molar-refractivity contribution is -0.121. The van der Waals surface area contributed by atoms with E-state index >= 15 is 0 Å². The summed E-state index contributed by atoms with van der Waals surface area (Å²) in [6.45, 7) is 6.25. The predicted molar refractivity (Wildman–Crippen MR) is 173 cm³/mol. The highest BCUT2D eigenvalue weighted by molar-refractivity contribution is 6.83. The van der Waals surface area contributed by atoms with Gasteiger partial charge in [0.25, 0.3) is 5.91 Å². The summed E-state index contributed by atoms with van der Waals surface area (Å²) >= 11 is 6.18. The Balaban J connectivity index is 1.29. The molecule has 0 fully saturated rings. The number of hydrogen-bond acceptors (Lipinski definition) is 7. The van der Waals surface area contributed by atoms with Crippen LogP contribution in [0.2, 0.25) is 18.1 Å². The van der Waals surface area contributed by atoms with E-state index in [1.54, 1.807) is 25.3 Å². The molecule has 5 rings (SSSR count). The largest absolute Gasteiger partial charge is 0.497 e. The molecule has 3 aromatic carbocycles. The van der Waals surface area contributed by atoms with Gasteiger partial charge in [-0.15, -0.1) is 10.2 Å². The number of aromatic nitrogens is 3. The van der Waals surface area contributed by atoms with Crippen LogP contribution in [0, 0.1) is 6.92 Å². The number of rotatable bonds is 10. The van der Waals surface area contributed by atoms with Gasteiger partial charge < -0.3 is 20.2 Å². The van der Waals surface area contributed by atoms with E-state index in [-0.39, 0.29) is 18.2 Å². The lowest BCUT2D eigenvalue weighted by atomic mass is 10.00. The van der Waals surface area contributed by atoms with Crippen molar-refractivity contribution in [2.45, 2.75) is 38.9 Å². The van der Waals surface area contributed by atoms with E-state index in [2.05, 4.69) is 20.8 Å². The highest BCUT2D eigenvalue weighted by Crippen LogP contribution is 2.34. The molecule has 0 saturated carbocycles. The minimum absolute atomic E-state index is 0.0559. The van der Waals surface area contributed by atoms with E-state index in [4.69, 9.17) is 21.3 Å². The minimum atomic E-state index is -2.52. The second-order valence-corrected chi connectivity index (χ2v) is 15.3. The first-order valence-electron chi connectivity index (χ1n) is 14.4. The number of benzene rings is 3. The molecule has 4 aromatic rings. The van der Waals surface area contributed by atoms with Crippen molar-refractivity contribution in [3.05, 3.63) is 100 Å². The molecule has 10 nitrogen and oxygen atoms in total. The first kappa shape index (κ1) is 31.1. The van der Waals surface area contributed by atoms with Gasteiger partial charge >= 0.3 is 0 Å². The fourth-order valence-electron chi connectivity index (χ4n) is 5.09. The molecule has 1 aromatic heterocycles. The van der Waals surface area contributed by atoms with E-state index in [0.29, 0.717) is 53.2 Å². The van der Waals surface area contributed by atoms with E-state index in [9.17, 15) is 14.4 Å². The summed E-state index contributed by atoms with van der Waals surface area (Å²) in [6.07, 6.45) is 0.599. The predicted octanol–water partition coefficient (Wildman–Crippen LogP) is 3.86. The summed E-state index contributed by atoms with van der Waals surface area (Å²) in [4.78, 5) is 41.2. The molecule has 1 aliphatic heterocycles. The zero-order chi connectivity index (χ0) is 31.4. The Labute approximate surface area is 262 Å². The summed E-state index contributed by atoms with van der Waals surface area (Å²) < 4.78 is 7.46. The van der Waals surface area contributed by atoms with Gasteiger partial charge in [-0.3, -0.25) is 19.1 Å². The molecule has 0 saturated heterocycles. The van der Waals surface area contributed by atoms with E-state index < -0.39 is 14.4 Å². The van der Waals surface area contributed by atoms with Gasteiger partial charge in [0, 0.05) is 34.8 Å². The number of ether oxygens (including phenoxy) is 1. The van der Waals surface area contributed by atoms with Crippen LogP contribution in [0.5, 0.6) is 5.75 Å². The number of halogens is 1. The molecule has 1 atom stereocenters. The Bertz CT molecular complexity index is 1710. The average Bonchev–Trinajstić information content (AvgIpc) is 3.33. The number of amides is 2. The summed E-state index contributed by atoms with van der Waals surface area (Å²) in [7, 11) is -0.903. The number of carbonyl (C=O) groups is 2. The van der Waals surface area contributed by atoms with Crippen LogP contribution in [0.1, 0.15) is 52.0 Å². The lowest BCUT2D eigenvalue weighted by Gasteiger charge is -2.15. The molecule has 1 unspecified atom stereocenters. The molecule has 2 heterocycles. The summed E-state index contributed by atoms with van der Waals surface area (Å²) in [6, 6.07) is 19.6. The Morgan fingerprint density at radius 2 is 1.77 bits per heavy atom. The number of nitrogens with one attached hydrogen (secondary N) is 2. The number of aryl methyl sites for hydroxylation is 1. The number of methoxy groups -OCH3 is 1. The third-order valence-corrected chi connectivity index (χ3v) is 9.40. The fourth-order valence-corrected chi connectivity index (χ4v) is 6.22. The van der Waals surface area contributed by atoms with Gasteiger partial charge in [0.1, 0.15) is 17.6 Å². The van der Waals surface area contributed by atoms with Crippen LogP contribution < -0.4 is 20.6 Å². The van der Waals surface area contributed by atoms with Gasteiger partial charge in [0.2, 0.25) is 14.2 Å². The van der Waals surface area contributed by atoms with Gasteiger partial charge in [-0.25, -0.2) is 0 Å². The summed E-state index contributed by atoms with van der Waals surface area (Å²) in [5.41, 5.74) is 3.70. The molecular formula is C32H35ClN6O4Si. The topological polar surface area (TPSA) is 131 Å². The standard InChI is InChI=1S/C32H35ClN6O4Si/c1-20-37-38-31-27(19-29(40)34-15-6-16-35-32(41)22-7-5-8-25(17-22)44(3,4)42)36-30(21-9-11-23(33)12-10-21)26-18-24(43-2)13-14-28(26)39(20)31/h5,7-14,17-18,27,42H,6,15-16,19H2,1-4H3,(H,34,40)(H,35,41). The van der Waals surface area contributed by atoms with Gasteiger partial charge in [0.15, 0.2) is 5.82 Å². The Morgan fingerprint density at radius 3 is 2.50 bits per heavy atom. The fraction of sp³-hybridized carbons (Fsp3) is 0.281. The van der Waals surface area contributed by atoms with Crippen molar-refractivity contribution < 1.29 is 19.1 Å². The first-order valence-corrected chi connectivity index (χ1v) is 17.7. The maximum atomic E-state index is 13.2. The zero-order valence-corrected chi connectivity index (χ0v) is 26.9. The van der Waals surface area contributed by atoms with Crippen LogP contribution in [-0.4, -0.2) is 65.6 Å². The number of carbonyl (C=O) groups excluding carboxylic acids is 2. The van der Waals surface area contributed by atoms with Crippen LogP contribution in [0.4, 0.5) is 0 Å². The van der Waals surface area contributed by atoms with Crippen LogP contribution >= 0.6 is 11.6 Å². The third kappa shape index (κ3) is 6.90. The maximum Gasteiger partial charge on any atom is 0.251 e. The molecule has 44 heavy (non-hydrogen) atoms. The summed E-state index contributed by atoms with van der Waals surface area (Å²) in [5.74, 6) is 1.50. The molecule has 0 bridgehead atoms. The van der Waals surface area contributed by atoms with Crippen molar-refractivity contribution in [1.82, 2.24) is 25.4 Å². The molecule has 0 radical (unpaired) electrons. The number of aliphatic imine (C=N–C) groups is 1. The monoisotopic (exact) mass is 630 g/mol. The second-order valence-electron chi connectivity index (χ2n) is 11.1. The summed E-state index contributed by atoms with van der Waals surface area (Å²) in [5, 5.41) is 16.0. The minimum Gasteiger partial charge on any atom is -0.497 e. The van der Waals surface area contributed by atoms with Crippen LogP contribution in [-0.2, 0) is 4.79 Å². The Kier molecular flexibility index (Phi) is 9.28. The highest BCUT2D eigenvalue weighted by Gasteiger charge is 2.30. The van der Waals surface area contributed by atoms with E-state index in [1.165, 1.54) is 0 Å². The SMILES string of the molecule is COc1ccc2c(c1)C(c1ccc(Cl)cc1)=NC(CC(=O)NCCCNC(=O)c1cccc([Si](C)(C)O)c1)c1nnc(C)n1-2. The Hall–Kier alpha value is -4.32. The van der Waals surface area contributed by atoms with Gasteiger partial charge in [-0.2, -0.15) is 0 Å². The van der Waals surface area contributed by atoms with Gasteiger partial charge in [0.05, 0.1) is 24.9 Å². The Morgan fingerprint density at radius 1 is 1.02 bits per heavy atom. The second kappa shape index (κ2) is 13.1. The lowest BCUT2D eigenvalue weighted by Crippen LogP contribution is -2.42. The first-order chi connectivity index (χ1) is 21.0. The number of fused-ring (bicyclic) bond motifs is 3. The smallest absolute Gasteiger partial charge is 0.251 e. The molecule has 1 aliphatic rings. The van der Waals surface area contributed by atoms with Crippen LogP contribution in [0.25, 0.3) is 5.69 Å².